The van der Waals surface area contributed by atoms with Gasteiger partial charge in [0.2, 0.25) is 0 Å². The Balaban J connectivity index is 2.10. The molecule has 6 heteroatoms. The minimum absolute atomic E-state index is 0.183. The van der Waals surface area contributed by atoms with E-state index in [9.17, 15) is 14.7 Å². The van der Waals surface area contributed by atoms with E-state index in [1.54, 1.807) is 6.07 Å². The molecule has 1 atom stereocenters. The Bertz CT molecular complexity index is 652. The SMILES string of the molecule is CC(C)C[C@@H](NC(=O)c1cc(-c2ccccc2)ns1)C(=O)O. The fraction of sp³-hybridized carbons (Fsp3) is 0.312. The molecule has 0 radical (unpaired) electrons. The lowest BCUT2D eigenvalue weighted by molar-refractivity contribution is -0.139. The van der Waals surface area contributed by atoms with Gasteiger partial charge in [-0.1, -0.05) is 44.2 Å². The number of benzene rings is 1. The van der Waals surface area contributed by atoms with Gasteiger partial charge < -0.3 is 10.4 Å². The molecule has 2 N–H and O–H groups in total. The number of amides is 1. The first-order valence-corrected chi connectivity index (χ1v) is 7.80. The van der Waals surface area contributed by atoms with Crippen LogP contribution < -0.4 is 5.32 Å². The summed E-state index contributed by atoms with van der Waals surface area (Å²) in [4.78, 5) is 23.8. The molecule has 1 heterocycles. The maximum atomic E-state index is 12.2. The van der Waals surface area contributed by atoms with E-state index in [-0.39, 0.29) is 5.92 Å². The molecule has 0 fully saturated rings. The average molecular weight is 318 g/mol. The second kappa shape index (κ2) is 7.17. The summed E-state index contributed by atoms with van der Waals surface area (Å²) in [5, 5.41) is 11.7. The van der Waals surface area contributed by atoms with Crippen molar-refractivity contribution in [3.63, 3.8) is 0 Å². The van der Waals surface area contributed by atoms with Crippen LogP contribution in [0.25, 0.3) is 11.3 Å². The molecule has 1 aromatic carbocycles. The number of carboxylic acids is 1. The molecule has 2 aromatic rings. The first-order valence-electron chi connectivity index (χ1n) is 7.03. The van der Waals surface area contributed by atoms with Crippen LogP contribution >= 0.6 is 11.5 Å². The van der Waals surface area contributed by atoms with Gasteiger partial charge in [0.25, 0.3) is 5.91 Å². The number of aliphatic carboxylic acids is 1. The number of nitrogens with zero attached hydrogens (tertiary/aromatic N) is 1. The van der Waals surface area contributed by atoms with E-state index < -0.39 is 17.9 Å². The summed E-state index contributed by atoms with van der Waals surface area (Å²) in [7, 11) is 0. The van der Waals surface area contributed by atoms with Gasteiger partial charge in [0.1, 0.15) is 10.9 Å². The van der Waals surface area contributed by atoms with Crippen molar-refractivity contribution in [3.8, 4) is 11.3 Å². The first-order chi connectivity index (χ1) is 10.5. The van der Waals surface area contributed by atoms with Crippen LogP contribution in [0.15, 0.2) is 36.4 Å². The van der Waals surface area contributed by atoms with Crippen molar-refractivity contribution < 1.29 is 14.7 Å². The quantitative estimate of drug-likeness (QED) is 0.858. The van der Waals surface area contributed by atoms with E-state index in [1.807, 2.05) is 44.2 Å². The number of hydrogen-bond donors (Lipinski definition) is 2. The third kappa shape index (κ3) is 4.14. The third-order valence-corrected chi connectivity index (χ3v) is 3.90. The Labute approximate surface area is 133 Å². The van der Waals surface area contributed by atoms with Gasteiger partial charge >= 0.3 is 5.97 Å². The largest absolute Gasteiger partial charge is 0.480 e. The van der Waals surface area contributed by atoms with Crippen LogP contribution in [-0.2, 0) is 4.79 Å². The highest BCUT2D eigenvalue weighted by Crippen LogP contribution is 2.21. The van der Waals surface area contributed by atoms with Crippen LogP contribution in [0, 0.1) is 5.92 Å². The van der Waals surface area contributed by atoms with E-state index in [2.05, 4.69) is 9.69 Å². The monoisotopic (exact) mass is 318 g/mol. The van der Waals surface area contributed by atoms with Gasteiger partial charge in [-0.3, -0.25) is 4.79 Å². The summed E-state index contributed by atoms with van der Waals surface area (Å²) in [5.74, 6) is -1.23. The topological polar surface area (TPSA) is 79.3 Å². The molecule has 0 saturated heterocycles. The molecule has 0 unspecified atom stereocenters. The van der Waals surface area contributed by atoms with Crippen molar-refractivity contribution in [2.45, 2.75) is 26.3 Å². The maximum Gasteiger partial charge on any atom is 0.326 e. The maximum absolute atomic E-state index is 12.2. The standard InChI is InChI=1S/C16H18N2O3S/c1-10(2)8-13(16(20)21)17-15(19)14-9-12(18-22-14)11-6-4-3-5-7-11/h3-7,9-10,13H,8H2,1-2H3,(H,17,19)(H,20,21)/t13-/m1/s1. The first kappa shape index (κ1) is 16.2. The van der Waals surface area contributed by atoms with Gasteiger partial charge in [0.15, 0.2) is 0 Å². The van der Waals surface area contributed by atoms with Crippen LogP contribution in [0.5, 0.6) is 0 Å². The van der Waals surface area contributed by atoms with E-state index in [0.29, 0.717) is 17.0 Å². The Morgan fingerprint density at radius 1 is 1.27 bits per heavy atom. The van der Waals surface area contributed by atoms with E-state index in [1.165, 1.54) is 0 Å². The van der Waals surface area contributed by atoms with Crippen LogP contribution in [0.3, 0.4) is 0 Å². The number of rotatable bonds is 6. The molecule has 5 nitrogen and oxygen atoms in total. The van der Waals surface area contributed by atoms with Crippen molar-refractivity contribution in [1.29, 1.82) is 0 Å². The fourth-order valence-corrected chi connectivity index (χ4v) is 2.71. The van der Waals surface area contributed by atoms with Crippen LogP contribution in [0.1, 0.15) is 29.9 Å². The molecule has 0 aliphatic rings. The Morgan fingerprint density at radius 3 is 2.55 bits per heavy atom. The third-order valence-electron chi connectivity index (χ3n) is 3.11. The number of carbonyl (C=O) groups excluding carboxylic acids is 1. The number of hydrogen-bond acceptors (Lipinski definition) is 4. The van der Waals surface area contributed by atoms with Gasteiger partial charge in [-0.25, -0.2) is 4.79 Å². The fourth-order valence-electron chi connectivity index (χ4n) is 2.05. The van der Waals surface area contributed by atoms with Crippen molar-refractivity contribution in [2.24, 2.45) is 5.92 Å². The molecule has 0 aliphatic carbocycles. The zero-order chi connectivity index (χ0) is 16.1. The predicted octanol–water partition coefficient (Wildman–Crippen LogP) is 3.04. The average Bonchev–Trinajstić information content (AvgIpc) is 2.96. The van der Waals surface area contributed by atoms with Gasteiger partial charge in [-0.2, -0.15) is 4.37 Å². The minimum Gasteiger partial charge on any atom is -0.480 e. The van der Waals surface area contributed by atoms with Gasteiger partial charge in [0, 0.05) is 5.56 Å². The summed E-state index contributed by atoms with van der Waals surface area (Å²) >= 11 is 1.07. The molecular formula is C16H18N2O3S. The van der Waals surface area contributed by atoms with Gasteiger partial charge in [-0.05, 0) is 29.9 Å². The molecule has 1 amide bonds. The van der Waals surface area contributed by atoms with Gasteiger partial charge in [-0.15, -0.1) is 0 Å². The minimum atomic E-state index is -1.02. The highest BCUT2D eigenvalue weighted by Gasteiger charge is 2.22. The van der Waals surface area contributed by atoms with Gasteiger partial charge in [0.05, 0.1) is 5.69 Å². The van der Waals surface area contributed by atoms with Crippen molar-refractivity contribution >= 4 is 23.4 Å². The van der Waals surface area contributed by atoms with Crippen LogP contribution in [0.4, 0.5) is 0 Å². The summed E-state index contributed by atoms with van der Waals surface area (Å²) in [6.07, 6.45) is 0.394. The zero-order valence-corrected chi connectivity index (χ0v) is 13.3. The Morgan fingerprint density at radius 2 is 1.95 bits per heavy atom. The molecule has 1 aromatic heterocycles. The summed E-state index contributed by atoms with van der Waals surface area (Å²) in [5.41, 5.74) is 1.64. The summed E-state index contributed by atoms with van der Waals surface area (Å²) in [6, 6.07) is 10.3. The molecule has 116 valence electrons. The smallest absolute Gasteiger partial charge is 0.326 e. The highest BCUT2D eigenvalue weighted by molar-refractivity contribution is 7.08. The lowest BCUT2D eigenvalue weighted by Gasteiger charge is -2.15. The molecular weight excluding hydrogens is 300 g/mol. The Kier molecular flexibility index (Phi) is 5.27. The normalized spacial score (nSPS) is 12.1. The van der Waals surface area contributed by atoms with Crippen LogP contribution in [-0.4, -0.2) is 27.4 Å². The second-order valence-electron chi connectivity index (χ2n) is 5.44. The van der Waals surface area contributed by atoms with Crippen molar-refractivity contribution in [3.05, 3.63) is 41.3 Å². The highest BCUT2D eigenvalue weighted by atomic mass is 32.1. The number of carbonyl (C=O) groups is 2. The zero-order valence-electron chi connectivity index (χ0n) is 12.4. The second-order valence-corrected chi connectivity index (χ2v) is 6.24. The molecule has 0 spiro atoms. The molecule has 22 heavy (non-hydrogen) atoms. The Hall–Kier alpha value is -2.21. The lowest BCUT2D eigenvalue weighted by atomic mass is 10.0. The predicted molar refractivity (Wildman–Crippen MR) is 85.9 cm³/mol. The molecule has 0 aliphatic heterocycles. The van der Waals surface area contributed by atoms with Crippen molar-refractivity contribution in [1.82, 2.24) is 9.69 Å². The number of carboxylic acid groups (broad SMARTS) is 1. The van der Waals surface area contributed by atoms with E-state index in [4.69, 9.17) is 0 Å². The summed E-state index contributed by atoms with van der Waals surface area (Å²) < 4.78 is 4.25. The molecule has 0 bridgehead atoms. The lowest BCUT2D eigenvalue weighted by Crippen LogP contribution is -2.41. The van der Waals surface area contributed by atoms with E-state index in [0.717, 1.165) is 17.1 Å². The molecule has 2 rings (SSSR count). The van der Waals surface area contributed by atoms with E-state index >= 15 is 0 Å². The molecule has 0 saturated carbocycles. The number of nitrogens with one attached hydrogen (secondary N) is 1. The van der Waals surface area contributed by atoms with Crippen LogP contribution in [0.2, 0.25) is 0 Å². The van der Waals surface area contributed by atoms with Crippen molar-refractivity contribution in [2.75, 3.05) is 0 Å². The summed E-state index contributed by atoms with van der Waals surface area (Å²) in [6.45, 7) is 3.84. The number of aromatic nitrogens is 1.